The van der Waals surface area contributed by atoms with Gasteiger partial charge in [-0.1, -0.05) is 61.9 Å². The lowest BCUT2D eigenvalue weighted by Crippen LogP contribution is -2.39. The third kappa shape index (κ3) is 5.33. The van der Waals surface area contributed by atoms with Gasteiger partial charge in [-0.2, -0.15) is 0 Å². The Balaban J connectivity index is 2.23. The summed E-state index contributed by atoms with van der Waals surface area (Å²) in [5.74, 6) is 0.570. The van der Waals surface area contributed by atoms with Gasteiger partial charge in [0, 0.05) is 12.3 Å². The summed E-state index contributed by atoms with van der Waals surface area (Å²) in [6.45, 7) is 8.68. The van der Waals surface area contributed by atoms with E-state index >= 15 is 0 Å². The predicted octanol–water partition coefficient (Wildman–Crippen LogP) is 4.68. The van der Waals surface area contributed by atoms with Gasteiger partial charge in [-0.25, -0.2) is 4.79 Å². The summed E-state index contributed by atoms with van der Waals surface area (Å²) in [4.78, 5) is 12.5. The van der Waals surface area contributed by atoms with Crippen molar-refractivity contribution in [1.29, 1.82) is 0 Å². The van der Waals surface area contributed by atoms with E-state index in [-0.39, 0.29) is 12.5 Å². The highest BCUT2D eigenvalue weighted by atomic mass is 16.6. The smallest absolute Gasteiger partial charge is 0.338 e. The quantitative estimate of drug-likeness (QED) is 0.659. The van der Waals surface area contributed by atoms with E-state index in [1.807, 2.05) is 30.3 Å². The Hall–Kier alpha value is -1.91. The lowest BCUT2D eigenvalue weighted by atomic mass is 9.71. The molecule has 4 heteroatoms. The zero-order valence-electron chi connectivity index (χ0n) is 17.8. The molecule has 3 atom stereocenters. The van der Waals surface area contributed by atoms with Crippen LogP contribution in [0.3, 0.4) is 0 Å². The fourth-order valence-corrected chi connectivity index (χ4v) is 3.94. The lowest BCUT2D eigenvalue weighted by molar-refractivity contribution is -0.168. The molecule has 28 heavy (non-hydrogen) atoms. The van der Waals surface area contributed by atoms with Gasteiger partial charge in [-0.3, -0.25) is 0 Å². The van der Waals surface area contributed by atoms with Crippen molar-refractivity contribution in [1.82, 2.24) is 0 Å². The molecule has 0 heterocycles. The second-order valence-electron chi connectivity index (χ2n) is 8.18. The number of methoxy groups -OCH3 is 1. The van der Waals surface area contributed by atoms with Crippen molar-refractivity contribution in [3.63, 3.8) is 0 Å². The van der Waals surface area contributed by atoms with E-state index in [9.17, 15) is 9.90 Å². The van der Waals surface area contributed by atoms with Gasteiger partial charge < -0.3 is 14.6 Å². The minimum absolute atomic E-state index is 0.0843. The first-order chi connectivity index (χ1) is 13.3. The molecule has 0 bridgehead atoms. The average Bonchev–Trinajstić information content (AvgIpc) is 2.70. The van der Waals surface area contributed by atoms with Crippen LogP contribution in [-0.4, -0.2) is 30.4 Å². The highest BCUT2D eigenvalue weighted by molar-refractivity contribution is 5.79. The molecule has 0 radical (unpaired) electrons. The van der Waals surface area contributed by atoms with Crippen LogP contribution in [0.25, 0.3) is 0 Å². The Kier molecular flexibility index (Phi) is 8.02. The van der Waals surface area contributed by atoms with Crippen LogP contribution in [0.1, 0.15) is 46.1 Å². The molecule has 1 aromatic carbocycles. The minimum atomic E-state index is -1.08. The first-order valence-corrected chi connectivity index (χ1v) is 10.1. The molecule has 2 rings (SSSR count). The van der Waals surface area contributed by atoms with Crippen molar-refractivity contribution >= 4 is 5.97 Å². The molecule has 0 saturated heterocycles. The van der Waals surface area contributed by atoms with Gasteiger partial charge in [-0.15, -0.1) is 0 Å². The van der Waals surface area contributed by atoms with Crippen LogP contribution in [-0.2, 0) is 20.9 Å². The molecule has 154 valence electrons. The second-order valence-corrected chi connectivity index (χ2v) is 8.18. The van der Waals surface area contributed by atoms with E-state index in [0.29, 0.717) is 24.9 Å². The highest BCUT2D eigenvalue weighted by Crippen LogP contribution is 2.39. The zero-order valence-corrected chi connectivity index (χ0v) is 17.8. The monoisotopic (exact) mass is 386 g/mol. The van der Waals surface area contributed by atoms with Gasteiger partial charge in [-0.05, 0) is 43.2 Å². The van der Waals surface area contributed by atoms with Gasteiger partial charge in [0.1, 0.15) is 0 Å². The number of ether oxygens (including phenoxy) is 2. The zero-order chi connectivity index (χ0) is 20.7. The van der Waals surface area contributed by atoms with Crippen molar-refractivity contribution in [2.45, 2.75) is 52.7 Å². The van der Waals surface area contributed by atoms with Crippen LogP contribution in [0, 0.1) is 17.8 Å². The van der Waals surface area contributed by atoms with Gasteiger partial charge in [0.25, 0.3) is 0 Å². The number of hydrogen-bond acceptors (Lipinski definition) is 4. The number of aliphatic hydroxyl groups excluding tert-OH is 1. The molecule has 0 fully saturated rings. The molecule has 0 aromatic heterocycles. The van der Waals surface area contributed by atoms with E-state index < -0.39 is 11.6 Å². The van der Waals surface area contributed by atoms with E-state index in [1.54, 1.807) is 6.92 Å². The van der Waals surface area contributed by atoms with E-state index in [2.05, 4.69) is 32.9 Å². The summed E-state index contributed by atoms with van der Waals surface area (Å²) in [6.07, 6.45) is 5.67. The molecule has 1 aromatic rings. The van der Waals surface area contributed by atoms with Crippen LogP contribution in [0.5, 0.6) is 0 Å². The normalized spacial score (nSPS) is 23.4. The van der Waals surface area contributed by atoms with Crippen molar-refractivity contribution in [3.05, 3.63) is 59.2 Å². The molecule has 0 aliphatic heterocycles. The van der Waals surface area contributed by atoms with Crippen LogP contribution in [0.4, 0.5) is 0 Å². The molecule has 0 spiro atoms. The standard InChI is InChI=1S/C24H34O4/c1-17(2)20-12-11-18(3)21(22(20)15-25)13-14-24(4,23(26)27-5)28-16-19-9-7-6-8-10-19/h6-11,13,17,20,22,25H,12,14-16H2,1-5H3/b21-13+/t20-,22-,24+/m1/s1. The number of hydrogen-bond donors (Lipinski definition) is 1. The Labute approximate surface area is 169 Å². The second kappa shape index (κ2) is 10.0. The number of rotatable bonds is 8. The first-order valence-electron chi connectivity index (χ1n) is 10.1. The van der Waals surface area contributed by atoms with Gasteiger partial charge in [0.05, 0.1) is 20.3 Å². The molecular formula is C24H34O4. The average molecular weight is 387 g/mol. The summed E-state index contributed by atoms with van der Waals surface area (Å²) >= 11 is 0. The first kappa shape index (κ1) is 22.4. The Morgan fingerprint density at radius 2 is 2.00 bits per heavy atom. The van der Waals surface area contributed by atoms with E-state index in [4.69, 9.17) is 9.47 Å². The Morgan fingerprint density at radius 1 is 1.32 bits per heavy atom. The molecule has 1 N–H and O–H groups in total. The predicted molar refractivity (Wildman–Crippen MR) is 112 cm³/mol. The SMILES string of the molecule is COC(=O)[C@](C)(C/C=C1\C(C)=CC[C@H](C(C)C)[C@H]1CO)OCc1ccccc1. The number of carbonyl (C=O) groups is 1. The number of carbonyl (C=O) groups excluding carboxylic acids is 1. The molecule has 0 amide bonds. The van der Waals surface area contributed by atoms with Crippen molar-refractivity contribution in [3.8, 4) is 0 Å². The number of allylic oxidation sites excluding steroid dienone is 2. The van der Waals surface area contributed by atoms with Crippen LogP contribution in [0.2, 0.25) is 0 Å². The molecule has 0 unspecified atom stereocenters. The molecule has 1 aliphatic rings. The Bertz CT molecular complexity index is 705. The maximum absolute atomic E-state index is 12.5. The highest BCUT2D eigenvalue weighted by Gasteiger charge is 2.36. The van der Waals surface area contributed by atoms with Crippen molar-refractivity contribution in [2.75, 3.05) is 13.7 Å². The number of benzene rings is 1. The lowest BCUT2D eigenvalue weighted by Gasteiger charge is -2.35. The van der Waals surface area contributed by atoms with E-state index in [0.717, 1.165) is 17.6 Å². The fraction of sp³-hybridized carbons (Fsp3) is 0.542. The molecule has 0 saturated carbocycles. The summed E-state index contributed by atoms with van der Waals surface area (Å²) in [6, 6.07) is 9.79. The van der Waals surface area contributed by atoms with Crippen molar-refractivity contribution in [2.24, 2.45) is 17.8 Å². The maximum Gasteiger partial charge on any atom is 0.338 e. The fourth-order valence-electron chi connectivity index (χ4n) is 3.94. The van der Waals surface area contributed by atoms with E-state index in [1.165, 1.54) is 12.7 Å². The minimum Gasteiger partial charge on any atom is -0.467 e. The topological polar surface area (TPSA) is 55.8 Å². The Morgan fingerprint density at radius 3 is 2.57 bits per heavy atom. The maximum atomic E-state index is 12.5. The third-order valence-electron chi connectivity index (χ3n) is 5.85. The van der Waals surface area contributed by atoms with Gasteiger partial charge in [0.2, 0.25) is 0 Å². The summed E-state index contributed by atoms with van der Waals surface area (Å²) in [7, 11) is 1.39. The summed E-state index contributed by atoms with van der Waals surface area (Å²) in [5.41, 5.74) is 2.21. The molecule has 4 nitrogen and oxygen atoms in total. The van der Waals surface area contributed by atoms with Crippen molar-refractivity contribution < 1.29 is 19.4 Å². The van der Waals surface area contributed by atoms with Gasteiger partial charge >= 0.3 is 5.97 Å². The number of aliphatic hydroxyl groups is 1. The van der Waals surface area contributed by atoms with Crippen LogP contribution >= 0.6 is 0 Å². The van der Waals surface area contributed by atoms with Crippen LogP contribution in [0.15, 0.2) is 53.6 Å². The largest absolute Gasteiger partial charge is 0.467 e. The molecule has 1 aliphatic carbocycles. The van der Waals surface area contributed by atoms with Crippen LogP contribution < -0.4 is 0 Å². The van der Waals surface area contributed by atoms with Gasteiger partial charge in [0.15, 0.2) is 5.60 Å². The summed E-state index contributed by atoms with van der Waals surface area (Å²) in [5, 5.41) is 10.0. The molecular weight excluding hydrogens is 352 g/mol. The summed E-state index contributed by atoms with van der Waals surface area (Å²) < 4.78 is 11.1. The third-order valence-corrected chi connectivity index (χ3v) is 5.85. The number of esters is 1.